The Balaban J connectivity index is 1.18. The van der Waals surface area contributed by atoms with E-state index in [0.717, 1.165) is 0 Å². The highest BCUT2D eigenvalue weighted by Gasteiger charge is 2.50. The van der Waals surface area contributed by atoms with Crippen LogP contribution in [0.25, 0.3) is 22.2 Å². The number of fused-ring (bicyclic) bond motifs is 2. The number of nitrogens with two attached hydrogens (primary N) is 1. The van der Waals surface area contributed by atoms with Gasteiger partial charge in [0.05, 0.1) is 37.5 Å². The van der Waals surface area contributed by atoms with Crippen LogP contribution >= 0.6 is 7.82 Å². The quantitative estimate of drug-likeness (QED) is 0.193. The van der Waals surface area contributed by atoms with E-state index in [9.17, 15) is 19.4 Å². The van der Waals surface area contributed by atoms with Gasteiger partial charge >= 0.3 is 7.82 Å². The third-order valence-electron chi connectivity index (χ3n) is 7.92. The highest BCUT2D eigenvalue weighted by atomic mass is 31.2. The van der Waals surface area contributed by atoms with Crippen LogP contribution in [0.2, 0.25) is 0 Å². The summed E-state index contributed by atoms with van der Waals surface area (Å²) in [5.41, 5.74) is 6.95. The molecule has 17 nitrogen and oxygen atoms in total. The van der Waals surface area contributed by atoms with Gasteiger partial charge in [0.15, 0.2) is 23.2 Å². The summed E-state index contributed by atoms with van der Waals surface area (Å²) in [5, 5.41) is 11.0. The molecule has 4 aromatic heterocycles. The topological polar surface area (TPSA) is 224 Å². The second-order valence-electron chi connectivity index (χ2n) is 10.4. The number of phosphoric ester groups is 1. The molecule has 1 unspecified atom stereocenters. The fraction of sp³-hybridized carbons (Fsp3) is 0.542. The summed E-state index contributed by atoms with van der Waals surface area (Å²) in [7, 11) is -3.35. The zero-order chi connectivity index (χ0) is 29.8. The molecule has 0 amide bonds. The Morgan fingerprint density at radius 3 is 2.57 bits per heavy atom. The molecule has 6 rings (SSSR count). The summed E-state index contributed by atoms with van der Waals surface area (Å²) in [6.07, 6.45) is -0.151. The molecule has 0 bridgehead atoms. The van der Waals surface area contributed by atoms with Crippen molar-refractivity contribution in [3.63, 3.8) is 0 Å². The number of anilines is 1. The zero-order valence-corrected chi connectivity index (χ0v) is 23.8. The van der Waals surface area contributed by atoms with Crippen LogP contribution in [-0.4, -0.2) is 88.8 Å². The average Bonchev–Trinajstić information content (AvgIpc) is 3.71. The molecule has 2 saturated heterocycles. The van der Waals surface area contributed by atoms with Gasteiger partial charge in [0.25, 0.3) is 5.56 Å². The molecule has 226 valence electrons. The maximum Gasteiger partial charge on any atom is 0.472 e. The van der Waals surface area contributed by atoms with Crippen LogP contribution in [0.3, 0.4) is 0 Å². The number of phosphoric acid groups is 1. The second kappa shape index (κ2) is 11.1. The van der Waals surface area contributed by atoms with E-state index in [2.05, 4.69) is 24.9 Å². The van der Waals surface area contributed by atoms with Crippen molar-refractivity contribution in [3.05, 3.63) is 41.6 Å². The Kier molecular flexibility index (Phi) is 7.61. The van der Waals surface area contributed by atoms with E-state index in [1.165, 1.54) is 30.5 Å². The minimum atomic E-state index is -4.78. The molecule has 0 saturated carbocycles. The number of nitrogens with one attached hydrogen (secondary N) is 1. The van der Waals surface area contributed by atoms with Gasteiger partial charge < -0.3 is 39.5 Å². The van der Waals surface area contributed by atoms with E-state index in [4.69, 9.17) is 29.0 Å². The zero-order valence-electron chi connectivity index (χ0n) is 22.9. The van der Waals surface area contributed by atoms with E-state index in [-0.39, 0.29) is 36.4 Å². The van der Waals surface area contributed by atoms with E-state index in [0.29, 0.717) is 16.7 Å². The number of aromatic nitrogens is 7. The molecule has 0 aliphatic carbocycles. The number of hydrogen-bond donors (Lipinski definition) is 4. The van der Waals surface area contributed by atoms with Crippen molar-refractivity contribution in [1.82, 2.24) is 34.1 Å². The molecule has 2 aliphatic rings. The number of methoxy groups -OCH3 is 1. The predicted molar refractivity (Wildman–Crippen MR) is 145 cm³/mol. The number of nitrogen functional groups attached to an aromatic ring is 1. The minimum Gasteiger partial charge on any atom is -0.387 e. The molecule has 6 heterocycles. The highest BCUT2D eigenvalue weighted by molar-refractivity contribution is 7.47. The minimum absolute atomic E-state index is 0.0203. The third kappa shape index (κ3) is 5.01. The van der Waals surface area contributed by atoms with Gasteiger partial charge in [0, 0.05) is 19.2 Å². The van der Waals surface area contributed by atoms with Crippen LogP contribution in [0.15, 0.2) is 36.0 Å². The summed E-state index contributed by atoms with van der Waals surface area (Å²) in [4.78, 5) is 42.1. The normalized spacial score (nSPS) is 31.3. The average molecular weight is 607 g/mol. The molecule has 42 heavy (non-hydrogen) atoms. The van der Waals surface area contributed by atoms with Crippen molar-refractivity contribution in [2.45, 2.75) is 50.7 Å². The number of ether oxygens (including phenoxy) is 3. The first-order valence-electron chi connectivity index (χ1n) is 13.2. The molecular formula is C24H31N8O9P. The van der Waals surface area contributed by atoms with Crippen molar-refractivity contribution in [3.8, 4) is 0 Å². The first kappa shape index (κ1) is 28.8. The van der Waals surface area contributed by atoms with Crippen molar-refractivity contribution < 1.29 is 37.8 Å². The van der Waals surface area contributed by atoms with Crippen molar-refractivity contribution in [2.75, 3.05) is 26.1 Å². The number of nitrogens with zero attached hydrogens (tertiary/aromatic N) is 6. The number of pyridine rings is 1. The second-order valence-corrected chi connectivity index (χ2v) is 11.8. The summed E-state index contributed by atoms with van der Waals surface area (Å²) in [6.45, 7) is 3.62. The van der Waals surface area contributed by atoms with Crippen molar-refractivity contribution in [2.24, 2.45) is 11.8 Å². The van der Waals surface area contributed by atoms with Gasteiger partial charge in [0.1, 0.15) is 36.4 Å². The number of aliphatic hydroxyl groups excluding tert-OH is 1. The Morgan fingerprint density at radius 1 is 1.05 bits per heavy atom. The number of H-pyrrole nitrogens is 1. The summed E-state index contributed by atoms with van der Waals surface area (Å²) in [5.74, 6) is 0.102. The number of imidazole rings is 2. The maximum atomic E-state index is 13.2. The lowest BCUT2D eigenvalue weighted by molar-refractivity contribution is -0.0603. The highest BCUT2D eigenvalue weighted by Crippen LogP contribution is 2.51. The predicted octanol–water partition coefficient (Wildman–Crippen LogP) is 0.723. The molecule has 0 radical (unpaired) electrons. The molecular weight excluding hydrogens is 575 g/mol. The van der Waals surface area contributed by atoms with Gasteiger partial charge in [-0.3, -0.25) is 18.4 Å². The SMILES string of the molecule is COC[C@H]1O[C@@H](n2cnc3c(=O)[nH]ccc32)[C@H](OP(=O)(O)OC[C@H]2O[C@@H](n3cnc4c(N)ncnc43)[C@H](C)[C@@H]2C)[C@@H]1O. The molecule has 2 fully saturated rings. The molecule has 2 aliphatic heterocycles. The summed E-state index contributed by atoms with van der Waals surface area (Å²) >= 11 is 0. The Hall–Kier alpha value is -3.28. The lowest BCUT2D eigenvalue weighted by atomic mass is 9.93. The van der Waals surface area contributed by atoms with Gasteiger partial charge in [-0.1, -0.05) is 13.8 Å². The molecule has 0 aromatic carbocycles. The van der Waals surface area contributed by atoms with Crippen LogP contribution < -0.4 is 11.3 Å². The van der Waals surface area contributed by atoms with Gasteiger partial charge in [-0.15, -0.1) is 0 Å². The monoisotopic (exact) mass is 606 g/mol. The Morgan fingerprint density at radius 2 is 1.79 bits per heavy atom. The first-order valence-corrected chi connectivity index (χ1v) is 14.7. The molecule has 18 heteroatoms. The standard InChI is InChI=1S/C24H31N8O9P/c1-11-12(2)23(32-10-30-17-20(25)27-8-28-21(17)32)39-14(11)7-38-42(35,36)41-19-18(33)15(6-37-3)40-24(19)31-9-29-16-13(31)4-5-26-22(16)34/h4-5,8-12,14-15,18-19,23-24,33H,6-7H2,1-3H3,(H,26,34)(H,35,36)(H2,25,27,28)/t11-,12+,14+,15+,18+,19+,23+,24+/m0/s1. The van der Waals surface area contributed by atoms with Crippen LogP contribution in [0, 0.1) is 11.8 Å². The fourth-order valence-corrected chi connectivity index (χ4v) is 6.41. The number of aliphatic hydroxyl groups is 1. The van der Waals surface area contributed by atoms with E-state index >= 15 is 0 Å². The van der Waals surface area contributed by atoms with Gasteiger partial charge in [0.2, 0.25) is 0 Å². The van der Waals surface area contributed by atoms with Gasteiger partial charge in [-0.25, -0.2) is 24.5 Å². The first-order chi connectivity index (χ1) is 20.1. The number of aromatic amines is 1. The molecule has 4 aromatic rings. The van der Waals surface area contributed by atoms with Crippen molar-refractivity contribution >= 4 is 35.8 Å². The Labute approximate surface area is 238 Å². The van der Waals surface area contributed by atoms with Gasteiger partial charge in [-0.05, 0) is 12.0 Å². The largest absolute Gasteiger partial charge is 0.472 e. The van der Waals surface area contributed by atoms with Crippen LogP contribution in [-0.2, 0) is 27.8 Å². The van der Waals surface area contributed by atoms with E-state index < -0.39 is 50.3 Å². The maximum absolute atomic E-state index is 13.2. The molecule has 9 atom stereocenters. The lowest BCUT2D eigenvalue weighted by Gasteiger charge is -2.25. The summed E-state index contributed by atoms with van der Waals surface area (Å²) < 4.78 is 44.6. The van der Waals surface area contributed by atoms with E-state index in [1.807, 2.05) is 13.8 Å². The van der Waals surface area contributed by atoms with Gasteiger partial charge in [-0.2, -0.15) is 0 Å². The van der Waals surface area contributed by atoms with Crippen LogP contribution in [0.4, 0.5) is 5.82 Å². The third-order valence-corrected chi connectivity index (χ3v) is 8.90. The number of hydrogen-bond acceptors (Lipinski definition) is 13. The van der Waals surface area contributed by atoms with Crippen LogP contribution in [0.5, 0.6) is 0 Å². The Bertz CT molecular complexity index is 1690. The molecule has 0 spiro atoms. The van der Waals surface area contributed by atoms with E-state index in [1.54, 1.807) is 17.0 Å². The van der Waals surface area contributed by atoms with Crippen LogP contribution in [0.1, 0.15) is 26.3 Å². The van der Waals surface area contributed by atoms with Crippen molar-refractivity contribution in [1.29, 1.82) is 0 Å². The fourth-order valence-electron chi connectivity index (χ4n) is 5.48. The smallest absolute Gasteiger partial charge is 0.387 e. The lowest BCUT2D eigenvalue weighted by Crippen LogP contribution is -2.35. The molecule has 5 N–H and O–H groups in total. The number of rotatable bonds is 9. The summed E-state index contributed by atoms with van der Waals surface area (Å²) in [6, 6.07) is 1.59.